The van der Waals surface area contributed by atoms with Gasteiger partial charge in [0.1, 0.15) is 30.5 Å². The minimum atomic E-state index is -1.73. The smallest absolute Gasteiger partial charge is 0.192 e. The molecule has 1 aliphatic rings. The molecule has 0 aromatic carbocycles. The lowest BCUT2D eigenvalue weighted by atomic mass is 9.89. The monoisotopic (exact) mass is 541 g/mol. The van der Waals surface area contributed by atoms with Crippen LogP contribution in [-0.4, -0.2) is 59.9 Å². The second-order valence-electron chi connectivity index (χ2n) is 12.8. The number of anilines is 3. The molecule has 3 heterocycles. The van der Waals surface area contributed by atoms with Crippen LogP contribution in [0.25, 0.3) is 10.9 Å². The second kappa shape index (κ2) is 10.8. The Kier molecular flexibility index (Phi) is 8.08. The minimum Gasteiger partial charge on any atom is -0.414 e. The summed E-state index contributed by atoms with van der Waals surface area (Å²) in [5, 5.41) is 12.5. The van der Waals surface area contributed by atoms with Crippen LogP contribution in [-0.2, 0) is 15.9 Å². The van der Waals surface area contributed by atoms with Crippen LogP contribution >= 0.6 is 0 Å². The molecule has 37 heavy (non-hydrogen) atoms. The molecule has 1 saturated carbocycles. The standard InChI is InChI=1S/C26H43N7O2Si2/c1-26(2,3)37(7,8)35-21-11-20(12-21)31-24-14-25(29-17-28-24)32-23-13-22-19(15-27-23)16-30-33(22)18-34-9-10-36(4,5)6/h13-17,20-21H,9-12,18H2,1-8H3,(H2,27,28,29,31,32)/t20-,21+. The first-order valence-electron chi connectivity index (χ1n) is 13.2. The van der Waals surface area contributed by atoms with Crippen molar-refractivity contribution in [2.45, 2.75) is 96.3 Å². The first kappa shape index (κ1) is 27.7. The quantitative estimate of drug-likeness (QED) is 0.217. The fraction of sp³-hybridized carbons (Fsp3) is 0.615. The first-order chi connectivity index (χ1) is 17.3. The van der Waals surface area contributed by atoms with Crippen molar-refractivity contribution in [1.82, 2.24) is 24.7 Å². The highest BCUT2D eigenvalue weighted by Crippen LogP contribution is 2.40. The van der Waals surface area contributed by atoms with Crippen molar-refractivity contribution in [2.24, 2.45) is 0 Å². The van der Waals surface area contributed by atoms with E-state index in [1.165, 1.54) is 0 Å². The highest BCUT2D eigenvalue weighted by molar-refractivity contribution is 6.76. The first-order valence-corrected chi connectivity index (χ1v) is 19.8. The van der Waals surface area contributed by atoms with Crippen LogP contribution in [0.15, 0.2) is 30.9 Å². The molecule has 0 aliphatic heterocycles. The normalized spacial score (nSPS) is 18.6. The van der Waals surface area contributed by atoms with Gasteiger partial charge in [0.2, 0.25) is 0 Å². The molecule has 0 bridgehead atoms. The fourth-order valence-corrected chi connectivity index (χ4v) is 6.03. The summed E-state index contributed by atoms with van der Waals surface area (Å²) in [7, 11) is -2.85. The summed E-state index contributed by atoms with van der Waals surface area (Å²) in [6, 6.07) is 5.40. The molecule has 202 valence electrons. The molecule has 0 saturated heterocycles. The Morgan fingerprint density at radius 1 is 0.973 bits per heavy atom. The van der Waals surface area contributed by atoms with Crippen molar-refractivity contribution in [3.8, 4) is 0 Å². The molecule has 0 amide bonds. The van der Waals surface area contributed by atoms with E-state index in [4.69, 9.17) is 9.16 Å². The number of ether oxygens (including phenoxy) is 1. The topological polar surface area (TPSA) is 99.0 Å². The van der Waals surface area contributed by atoms with E-state index in [1.54, 1.807) is 6.33 Å². The molecule has 3 aromatic heterocycles. The molecule has 3 aromatic rings. The van der Waals surface area contributed by atoms with Gasteiger partial charge < -0.3 is 19.8 Å². The predicted molar refractivity (Wildman–Crippen MR) is 156 cm³/mol. The van der Waals surface area contributed by atoms with E-state index in [2.05, 4.69) is 84.2 Å². The maximum atomic E-state index is 6.52. The molecular weight excluding hydrogens is 499 g/mol. The zero-order chi connectivity index (χ0) is 26.8. The number of nitrogens with zero attached hydrogens (tertiary/aromatic N) is 5. The molecular formula is C26H43N7O2Si2. The Morgan fingerprint density at radius 3 is 2.38 bits per heavy atom. The number of hydrogen-bond acceptors (Lipinski definition) is 8. The summed E-state index contributed by atoms with van der Waals surface area (Å²) in [6.07, 6.45) is 7.55. The molecule has 2 N–H and O–H groups in total. The summed E-state index contributed by atoms with van der Waals surface area (Å²) >= 11 is 0. The van der Waals surface area contributed by atoms with Gasteiger partial charge in [0.05, 0.1) is 11.7 Å². The van der Waals surface area contributed by atoms with Crippen molar-refractivity contribution in [3.05, 3.63) is 30.9 Å². The van der Waals surface area contributed by atoms with E-state index in [9.17, 15) is 0 Å². The predicted octanol–water partition coefficient (Wildman–Crippen LogP) is 6.24. The second-order valence-corrected chi connectivity index (χ2v) is 23.2. The van der Waals surface area contributed by atoms with E-state index in [-0.39, 0.29) is 5.04 Å². The van der Waals surface area contributed by atoms with Gasteiger partial charge in [-0.1, -0.05) is 40.4 Å². The molecule has 0 atom stereocenters. The van der Waals surface area contributed by atoms with Gasteiger partial charge in [-0.25, -0.2) is 19.6 Å². The lowest BCUT2D eigenvalue weighted by Crippen LogP contribution is -2.50. The van der Waals surface area contributed by atoms with E-state index in [1.807, 2.05) is 29.2 Å². The van der Waals surface area contributed by atoms with Crippen LogP contribution in [0.3, 0.4) is 0 Å². The van der Waals surface area contributed by atoms with E-state index in [0.717, 1.165) is 42.2 Å². The van der Waals surface area contributed by atoms with E-state index >= 15 is 0 Å². The van der Waals surface area contributed by atoms with Crippen molar-refractivity contribution >= 4 is 44.7 Å². The number of nitrogens with one attached hydrogen (secondary N) is 2. The minimum absolute atomic E-state index is 0.230. The summed E-state index contributed by atoms with van der Waals surface area (Å²) < 4.78 is 14.3. The average Bonchev–Trinajstić information content (AvgIpc) is 3.16. The van der Waals surface area contributed by atoms with Crippen LogP contribution in [0.2, 0.25) is 43.8 Å². The van der Waals surface area contributed by atoms with Crippen molar-refractivity contribution in [3.63, 3.8) is 0 Å². The Morgan fingerprint density at radius 2 is 1.68 bits per heavy atom. The molecule has 1 fully saturated rings. The van der Waals surface area contributed by atoms with Gasteiger partial charge in [-0.2, -0.15) is 5.10 Å². The van der Waals surface area contributed by atoms with Crippen LogP contribution in [0, 0.1) is 0 Å². The highest BCUT2D eigenvalue weighted by atomic mass is 28.4. The SMILES string of the molecule is CC(C)(C)[Si](C)(C)O[C@H]1C[C@@H](Nc2cc(Nc3cc4c(cn3)cnn4COCC[Si](C)(C)C)ncn2)C1. The van der Waals surface area contributed by atoms with E-state index in [0.29, 0.717) is 30.5 Å². The lowest BCUT2D eigenvalue weighted by molar-refractivity contribution is 0.0817. The lowest BCUT2D eigenvalue weighted by Gasteiger charge is -2.45. The van der Waals surface area contributed by atoms with Gasteiger partial charge in [0.15, 0.2) is 8.32 Å². The molecule has 0 radical (unpaired) electrons. The van der Waals surface area contributed by atoms with Crippen LogP contribution in [0.4, 0.5) is 17.5 Å². The summed E-state index contributed by atoms with van der Waals surface area (Å²) in [4.78, 5) is 13.3. The molecule has 0 unspecified atom stereocenters. The number of pyridine rings is 1. The van der Waals surface area contributed by atoms with Crippen LogP contribution < -0.4 is 10.6 Å². The largest absolute Gasteiger partial charge is 0.414 e. The van der Waals surface area contributed by atoms with Gasteiger partial charge in [-0.15, -0.1) is 0 Å². The maximum Gasteiger partial charge on any atom is 0.192 e. The van der Waals surface area contributed by atoms with Crippen LogP contribution in [0.5, 0.6) is 0 Å². The Bertz CT molecular complexity index is 1200. The third-order valence-electron chi connectivity index (χ3n) is 7.37. The molecule has 0 spiro atoms. The molecule has 4 rings (SSSR count). The summed E-state index contributed by atoms with van der Waals surface area (Å²) in [6.45, 7) is 19.7. The Balaban J connectivity index is 1.32. The Hall–Kier alpha value is -2.35. The third-order valence-corrected chi connectivity index (χ3v) is 13.6. The third kappa shape index (κ3) is 7.37. The van der Waals surface area contributed by atoms with Gasteiger partial charge in [0, 0.05) is 50.5 Å². The van der Waals surface area contributed by atoms with Gasteiger partial charge in [0.25, 0.3) is 0 Å². The fourth-order valence-electron chi connectivity index (χ4n) is 3.89. The average molecular weight is 542 g/mol. The van der Waals surface area contributed by atoms with E-state index < -0.39 is 16.4 Å². The number of hydrogen-bond donors (Lipinski definition) is 2. The number of rotatable bonds is 11. The molecule has 1 aliphatic carbocycles. The van der Waals surface area contributed by atoms with Gasteiger partial charge >= 0.3 is 0 Å². The summed E-state index contributed by atoms with van der Waals surface area (Å²) in [5.74, 6) is 2.19. The zero-order valence-electron chi connectivity index (χ0n) is 23.6. The number of aromatic nitrogens is 5. The van der Waals surface area contributed by atoms with Crippen molar-refractivity contribution < 1.29 is 9.16 Å². The molecule has 11 heteroatoms. The summed E-state index contributed by atoms with van der Waals surface area (Å²) in [5.41, 5.74) is 0.972. The number of fused-ring (bicyclic) bond motifs is 1. The van der Waals surface area contributed by atoms with Crippen LogP contribution in [0.1, 0.15) is 33.6 Å². The van der Waals surface area contributed by atoms with Gasteiger partial charge in [-0.3, -0.25) is 0 Å². The molecule has 9 nitrogen and oxygen atoms in total. The van der Waals surface area contributed by atoms with Crippen molar-refractivity contribution in [2.75, 3.05) is 17.2 Å². The maximum absolute atomic E-state index is 6.52. The van der Waals surface area contributed by atoms with Crippen molar-refractivity contribution in [1.29, 1.82) is 0 Å². The highest BCUT2D eigenvalue weighted by Gasteiger charge is 2.42. The van der Waals surface area contributed by atoms with Gasteiger partial charge in [-0.05, 0) is 37.0 Å². The zero-order valence-corrected chi connectivity index (χ0v) is 25.6. The Labute approximate surface area is 222 Å².